The normalized spacial score (nSPS) is 17.3. The third kappa shape index (κ3) is 3.04. The zero-order valence-electron chi connectivity index (χ0n) is 14.2. The lowest BCUT2D eigenvalue weighted by Gasteiger charge is -2.30. The lowest BCUT2D eigenvalue weighted by Crippen LogP contribution is -2.45. The molecule has 0 bridgehead atoms. The van der Waals surface area contributed by atoms with Crippen LogP contribution in [0, 0.1) is 0 Å². The number of rotatable bonds is 4. The Hall–Kier alpha value is -2.62. The number of hydrogen-bond donors (Lipinski definition) is 1. The van der Waals surface area contributed by atoms with E-state index >= 15 is 0 Å². The monoisotopic (exact) mass is 322 g/mol. The van der Waals surface area contributed by atoms with Crippen LogP contribution in [-0.2, 0) is 11.2 Å². The second-order valence-corrected chi connectivity index (χ2v) is 6.39. The summed E-state index contributed by atoms with van der Waals surface area (Å²) in [7, 11) is 0. The average Bonchev–Trinajstić information content (AvgIpc) is 2.90. The molecule has 24 heavy (non-hydrogen) atoms. The summed E-state index contributed by atoms with van der Waals surface area (Å²) in [6.07, 6.45) is 0.959. The Morgan fingerprint density at radius 2 is 1.79 bits per heavy atom. The number of benzene rings is 2. The van der Waals surface area contributed by atoms with Gasteiger partial charge in [-0.1, -0.05) is 18.2 Å². The molecule has 0 radical (unpaired) electrons. The molecular weight excluding hydrogens is 300 g/mol. The number of carbonyl (C=O) groups excluding carboxylic acids is 2. The summed E-state index contributed by atoms with van der Waals surface area (Å²) in [6.45, 7) is 5.60. The maximum absolute atomic E-state index is 12.7. The molecule has 2 aromatic rings. The van der Waals surface area contributed by atoms with Gasteiger partial charge in [-0.15, -0.1) is 0 Å². The van der Waals surface area contributed by atoms with E-state index in [0.717, 1.165) is 12.1 Å². The average molecular weight is 322 g/mol. The highest BCUT2D eigenvalue weighted by molar-refractivity contribution is 5.98. The fourth-order valence-corrected chi connectivity index (χ4v) is 3.34. The number of fused-ring (bicyclic) bond motifs is 1. The highest BCUT2D eigenvalue weighted by Crippen LogP contribution is 2.33. The molecule has 1 amide bonds. The Bertz CT molecular complexity index is 767. The van der Waals surface area contributed by atoms with Crippen molar-refractivity contribution in [3.63, 3.8) is 0 Å². The Morgan fingerprint density at radius 3 is 2.46 bits per heavy atom. The smallest absolute Gasteiger partial charge is 0.246 e. The minimum atomic E-state index is -0.267. The first-order chi connectivity index (χ1) is 11.5. The summed E-state index contributed by atoms with van der Waals surface area (Å²) in [5, 5.41) is 2.94. The number of Topliss-reactive ketones (excluding diaryl/α,β-unsaturated/α-hetero) is 1. The number of hydrogen-bond acceptors (Lipinski definition) is 3. The molecule has 0 aromatic heterocycles. The van der Waals surface area contributed by atoms with E-state index in [1.165, 1.54) is 12.5 Å². The first-order valence-electron chi connectivity index (χ1n) is 8.25. The number of carbonyl (C=O) groups is 2. The molecule has 0 aliphatic carbocycles. The van der Waals surface area contributed by atoms with Crippen LogP contribution in [0.3, 0.4) is 0 Å². The van der Waals surface area contributed by atoms with E-state index in [0.29, 0.717) is 17.3 Å². The Morgan fingerprint density at radius 1 is 1.12 bits per heavy atom. The molecule has 1 N–H and O–H groups in total. The second-order valence-electron chi connectivity index (χ2n) is 6.39. The number of nitrogens with one attached hydrogen (secondary N) is 1. The van der Waals surface area contributed by atoms with Crippen molar-refractivity contribution in [2.75, 3.05) is 10.2 Å². The van der Waals surface area contributed by atoms with E-state index in [9.17, 15) is 9.59 Å². The first-order valence-corrected chi connectivity index (χ1v) is 8.25. The van der Waals surface area contributed by atoms with Gasteiger partial charge in [0.15, 0.2) is 5.78 Å². The molecule has 0 saturated carbocycles. The van der Waals surface area contributed by atoms with E-state index in [2.05, 4.69) is 29.3 Å². The summed E-state index contributed by atoms with van der Waals surface area (Å²) in [6, 6.07) is 15.3. The van der Waals surface area contributed by atoms with Crippen molar-refractivity contribution in [2.24, 2.45) is 0 Å². The van der Waals surface area contributed by atoms with E-state index in [1.807, 2.05) is 19.1 Å². The molecule has 1 aliphatic rings. The maximum Gasteiger partial charge on any atom is 0.246 e. The van der Waals surface area contributed by atoms with Gasteiger partial charge in [0, 0.05) is 23.0 Å². The molecule has 4 heteroatoms. The minimum absolute atomic E-state index is 0.0174. The zero-order valence-corrected chi connectivity index (χ0v) is 14.2. The van der Waals surface area contributed by atoms with Crippen molar-refractivity contribution in [3.05, 3.63) is 59.7 Å². The molecule has 4 nitrogen and oxygen atoms in total. The summed E-state index contributed by atoms with van der Waals surface area (Å²) < 4.78 is 0. The van der Waals surface area contributed by atoms with Gasteiger partial charge in [-0.05, 0) is 63.1 Å². The molecule has 0 spiro atoms. The SMILES string of the molecule is CC(=O)c1ccc(NC(=O)[C@@H](C)N2c3ccccc3C[C@H]2C)cc1. The fraction of sp³-hybridized carbons (Fsp3) is 0.300. The van der Waals surface area contributed by atoms with Gasteiger partial charge in [-0.2, -0.15) is 0 Å². The highest BCUT2D eigenvalue weighted by Gasteiger charge is 2.32. The molecule has 3 rings (SSSR count). The third-order valence-corrected chi connectivity index (χ3v) is 4.62. The largest absolute Gasteiger partial charge is 0.357 e. The quantitative estimate of drug-likeness (QED) is 0.874. The topological polar surface area (TPSA) is 49.4 Å². The Kier molecular flexibility index (Phi) is 4.38. The zero-order chi connectivity index (χ0) is 17.3. The Balaban J connectivity index is 1.74. The molecule has 0 unspecified atom stereocenters. The number of nitrogens with zero attached hydrogens (tertiary/aromatic N) is 1. The van der Waals surface area contributed by atoms with Gasteiger partial charge < -0.3 is 10.2 Å². The van der Waals surface area contributed by atoms with Crippen molar-refractivity contribution in [3.8, 4) is 0 Å². The van der Waals surface area contributed by atoms with Crippen LogP contribution in [-0.4, -0.2) is 23.8 Å². The van der Waals surface area contributed by atoms with Crippen molar-refractivity contribution in [2.45, 2.75) is 39.3 Å². The van der Waals surface area contributed by atoms with Crippen LogP contribution in [0.25, 0.3) is 0 Å². The summed E-state index contributed by atoms with van der Waals surface area (Å²) >= 11 is 0. The van der Waals surface area contributed by atoms with Crippen LogP contribution < -0.4 is 10.2 Å². The van der Waals surface area contributed by atoms with Crippen molar-refractivity contribution in [1.82, 2.24) is 0 Å². The molecule has 0 saturated heterocycles. The fourth-order valence-electron chi connectivity index (χ4n) is 3.34. The molecule has 124 valence electrons. The molecular formula is C20H22N2O2. The predicted molar refractivity (Wildman–Crippen MR) is 96.6 cm³/mol. The Labute approximate surface area is 142 Å². The van der Waals surface area contributed by atoms with Gasteiger partial charge in [-0.3, -0.25) is 9.59 Å². The van der Waals surface area contributed by atoms with Gasteiger partial charge in [-0.25, -0.2) is 0 Å². The van der Waals surface area contributed by atoms with E-state index in [4.69, 9.17) is 0 Å². The molecule has 1 heterocycles. The van der Waals surface area contributed by atoms with Gasteiger partial charge >= 0.3 is 0 Å². The van der Waals surface area contributed by atoms with Crippen LogP contribution in [0.4, 0.5) is 11.4 Å². The number of amides is 1. The molecule has 1 aliphatic heterocycles. The van der Waals surface area contributed by atoms with Crippen LogP contribution in [0.15, 0.2) is 48.5 Å². The predicted octanol–water partition coefficient (Wildman–Crippen LogP) is 3.67. The van der Waals surface area contributed by atoms with Crippen molar-refractivity contribution < 1.29 is 9.59 Å². The first kappa shape index (κ1) is 16.2. The summed E-state index contributed by atoms with van der Waals surface area (Å²) in [4.78, 5) is 26.1. The standard InChI is InChI=1S/C20H22N2O2/c1-13-12-17-6-4-5-7-19(17)22(13)14(2)20(24)21-18-10-8-16(9-11-18)15(3)23/h4-11,13-14H,12H2,1-3H3,(H,21,24)/t13-,14-/m1/s1. The number of anilines is 2. The van der Waals surface area contributed by atoms with Crippen LogP contribution in [0.2, 0.25) is 0 Å². The van der Waals surface area contributed by atoms with Crippen LogP contribution >= 0.6 is 0 Å². The second kappa shape index (κ2) is 6.48. The molecule has 0 fully saturated rings. The minimum Gasteiger partial charge on any atom is -0.357 e. The summed E-state index contributed by atoms with van der Waals surface area (Å²) in [5.41, 5.74) is 3.77. The molecule has 2 atom stereocenters. The van der Waals surface area contributed by atoms with E-state index in [1.54, 1.807) is 24.3 Å². The van der Waals surface area contributed by atoms with Crippen LogP contribution in [0.1, 0.15) is 36.7 Å². The molecule has 2 aromatic carbocycles. The lowest BCUT2D eigenvalue weighted by atomic mass is 10.1. The highest BCUT2D eigenvalue weighted by atomic mass is 16.2. The number of ketones is 1. The number of para-hydroxylation sites is 1. The van der Waals surface area contributed by atoms with Crippen molar-refractivity contribution in [1.29, 1.82) is 0 Å². The van der Waals surface area contributed by atoms with Gasteiger partial charge in [0.1, 0.15) is 6.04 Å². The maximum atomic E-state index is 12.7. The van der Waals surface area contributed by atoms with Gasteiger partial charge in [0.05, 0.1) is 0 Å². The lowest BCUT2D eigenvalue weighted by molar-refractivity contribution is -0.117. The van der Waals surface area contributed by atoms with Crippen molar-refractivity contribution >= 4 is 23.1 Å². The van der Waals surface area contributed by atoms with Gasteiger partial charge in [0.25, 0.3) is 0 Å². The third-order valence-electron chi connectivity index (χ3n) is 4.62. The van der Waals surface area contributed by atoms with E-state index < -0.39 is 0 Å². The van der Waals surface area contributed by atoms with E-state index in [-0.39, 0.29) is 17.7 Å². The summed E-state index contributed by atoms with van der Waals surface area (Å²) in [5.74, 6) is -0.0297. The van der Waals surface area contributed by atoms with Crippen LogP contribution in [0.5, 0.6) is 0 Å². The van der Waals surface area contributed by atoms with Gasteiger partial charge in [0.2, 0.25) is 5.91 Å².